The van der Waals surface area contributed by atoms with Crippen LogP contribution in [0.4, 0.5) is 5.69 Å². The molecule has 2 atom stereocenters. The molecule has 6 nitrogen and oxygen atoms in total. The maximum atomic E-state index is 12.5. The Morgan fingerprint density at radius 1 is 1.19 bits per heavy atom. The van der Waals surface area contributed by atoms with Crippen molar-refractivity contribution in [2.75, 3.05) is 19.0 Å². The lowest BCUT2D eigenvalue weighted by molar-refractivity contribution is -0.924. The molecule has 6 heteroatoms. The zero-order valence-electron chi connectivity index (χ0n) is 14.5. The molecule has 3 rings (SSSR count). The van der Waals surface area contributed by atoms with E-state index in [-0.39, 0.29) is 18.4 Å². The molecule has 132 valence electrons. The number of anilines is 1. The summed E-state index contributed by atoms with van der Waals surface area (Å²) in [7, 11) is 1.37. The molecule has 0 aliphatic carbocycles. The van der Waals surface area contributed by atoms with Gasteiger partial charge in [-0.05, 0) is 29.8 Å². The highest BCUT2D eigenvalue weighted by Crippen LogP contribution is 2.14. The van der Waals surface area contributed by atoms with E-state index in [1.165, 1.54) is 7.11 Å². The summed E-state index contributed by atoms with van der Waals surface area (Å²) in [6.07, 6.45) is 0.558. The molecule has 2 aromatic carbocycles. The van der Waals surface area contributed by atoms with Crippen LogP contribution in [0.2, 0.25) is 0 Å². The molecule has 0 bridgehead atoms. The number of carbonyl (C=O) groups excluding carboxylic acids is 2. The highest BCUT2D eigenvalue weighted by Gasteiger charge is 2.37. The maximum Gasteiger partial charge on any atom is 0.365 e. The van der Waals surface area contributed by atoms with Gasteiger partial charge < -0.3 is 15.0 Å². The van der Waals surface area contributed by atoms with Gasteiger partial charge in [0.2, 0.25) is 0 Å². The van der Waals surface area contributed by atoms with Crippen LogP contribution in [-0.2, 0) is 27.3 Å². The van der Waals surface area contributed by atoms with E-state index >= 15 is 0 Å². The number of quaternary nitrogens is 1. The highest BCUT2D eigenvalue weighted by molar-refractivity contribution is 5.91. The first-order valence-corrected chi connectivity index (χ1v) is 8.40. The van der Waals surface area contributed by atoms with Gasteiger partial charge in [-0.2, -0.15) is 5.26 Å². The minimum absolute atomic E-state index is 0.161. The summed E-state index contributed by atoms with van der Waals surface area (Å²) in [5.74, 6) is -0.487. The van der Waals surface area contributed by atoms with E-state index < -0.39 is 6.04 Å². The van der Waals surface area contributed by atoms with Gasteiger partial charge in [0.25, 0.3) is 5.91 Å². The molecule has 0 spiro atoms. The Kier molecular flexibility index (Phi) is 5.30. The number of carbonyl (C=O) groups is 2. The van der Waals surface area contributed by atoms with Crippen molar-refractivity contribution in [1.29, 1.82) is 5.26 Å². The van der Waals surface area contributed by atoms with Gasteiger partial charge in [-0.15, -0.1) is 0 Å². The number of hydrogen-bond acceptors (Lipinski definition) is 4. The third-order valence-corrected chi connectivity index (χ3v) is 4.62. The second-order valence-corrected chi connectivity index (χ2v) is 6.30. The molecule has 0 fully saturated rings. The summed E-state index contributed by atoms with van der Waals surface area (Å²) in [4.78, 5) is 25.5. The van der Waals surface area contributed by atoms with Crippen molar-refractivity contribution < 1.29 is 19.2 Å². The summed E-state index contributed by atoms with van der Waals surface area (Å²) < 4.78 is 4.94. The predicted octanol–water partition coefficient (Wildman–Crippen LogP) is 0.680. The van der Waals surface area contributed by atoms with Crippen LogP contribution in [0.3, 0.4) is 0 Å². The normalized spacial score (nSPS) is 18.3. The average molecular weight is 350 g/mol. The maximum absolute atomic E-state index is 12.5. The number of nitriles is 1. The van der Waals surface area contributed by atoms with Crippen LogP contribution in [0, 0.1) is 11.3 Å². The Labute approximate surface area is 152 Å². The van der Waals surface area contributed by atoms with Gasteiger partial charge in [0.05, 0.1) is 18.7 Å². The predicted molar refractivity (Wildman–Crippen MR) is 95.3 cm³/mol. The Bertz CT molecular complexity index is 855. The number of amides is 1. The van der Waals surface area contributed by atoms with Crippen molar-refractivity contribution in [3.8, 4) is 6.07 Å². The van der Waals surface area contributed by atoms with E-state index in [1.807, 2.05) is 30.3 Å². The fraction of sp³-hybridized carbons (Fsp3) is 0.250. The van der Waals surface area contributed by atoms with E-state index in [2.05, 4.69) is 5.32 Å². The number of nitrogens with one attached hydrogen (secondary N) is 2. The van der Waals surface area contributed by atoms with Gasteiger partial charge >= 0.3 is 5.97 Å². The SMILES string of the molecule is COC(=O)[C@H]1Cc2ccccc2C[NH+]1CC(=O)Nc1ccc(C#N)cc1. The third kappa shape index (κ3) is 3.90. The molecule has 0 radical (unpaired) electrons. The first kappa shape index (κ1) is 17.6. The molecule has 1 aliphatic heterocycles. The monoisotopic (exact) mass is 350 g/mol. The molecule has 1 amide bonds. The molecule has 1 heterocycles. The van der Waals surface area contributed by atoms with E-state index in [1.54, 1.807) is 24.3 Å². The Morgan fingerprint density at radius 2 is 1.88 bits per heavy atom. The quantitative estimate of drug-likeness (QED) is 0.795. The van der Waals surface area contributed by atoms with E-state index in [0.717, 1.165) is 16.0 Å². The van der Waals surface area contributed by atoms with Crippen LogP contribution >= 0.6 is 0 Å². The van der Waals surface area contributed by atoms with Crippen LogP contribution in [0.5, 0.6) is 0 Å². The number of esters is 1. The second-order valence-electron chi connectivity index (χ2n) is 6.30. The lowest BCUT2D eigenvalue weighted by Crippen LogP contribution is -3.17. The van der Waals surface area contributed by atoms with Crippen molar-refractivity contribution in [3.63, 3.8) is 0 Å². The van der Waals surface area contributed by atoms with Gasteiger partial charge in [-0.25, -0.2) is 4.79 Å². The lowest BCUT2D eigenvalue weighted by atomic mass is 9.94. The molecule has 2 aromatic rings. The fourth-order valence-corrected chi connectivity index (χ4v) is 3.28. The number of nitrogens with zero attached hydrogens (tertiary/aromatic N) is 1. The zero-order valence-corrected chi connectivity index (χ0v) is 14.5. The van der Waals surface area contributed by atoms with Crippen molar-refractivity contribution in [3.05, 3.63) is 65.2 Å². The third-order valence-electron chi connectivity index (χ3n) is 4.62. The van der Waals surface area contributed by atoms with Crippen LogP contribution in [0.15, 0.2) is 48.5 Å². The first-order valence-electron chi connectivity index (χ1n) is 8.40. The average Bonchev–Trinajstić information content (AvgIpc) is 2.67. The molecule has 26 heavy (non-hydrogen) atoms. The fourth-order valence-electron chi connectivity index (χ4n) is 3.28. The Morgan fingerprint density at radius 3 is 2.54 bits per heavy atom. The van der Waals surface area contributed by atoms with E-state index in [0.29, 0.717) is 24.2 Å². The van der Waals surface area contributed by atoms with Crippen molar-refractivity contribution in [1.82, 2.24) is 0 Å². The number of hydrogen-bond donors (Lipinski definition) is 2. The number of fused-ring (bicyclic) bond motifs is 1. The minimum atomic E-state index is -0.401. The van der Waals surface area contributed by atoms with Crippen LogP contribution in [0.25, 0.3) is 0 Å². The standard InChI is InChI=1S/C20H19N3O3/c1-26-20(25)18-10-15-4-2-3-5-16(15)12-23(18)13-19(24)22-17-8-6-14(11-21)7-9-17/h2-9,18H,10,12-13H2,1H3,(H,22,24)/p+1/t18-/m1/s1. The van der Waals surface area contributed by atoms with Gasteiger partial charge in [0, 0.05) is 17.7 Å². The number of rotatable bonds is 4. The molecule has 0 saturated heterocycles. The minimum Gasteiger partial charge on any atom is -0.465 e. The molecular formula is C20H20N3O3+. The van der Waals surface area contributed by atoms with Gasteiger partial charge in [-0.1, -0.05) is 24.3 Å². The van der Waals surface area contributed by atoms with Gasteiger partial charge in [-0.3, -0.25) is 4.79 Å². The number of benzene rings is 2. The van der Waals surface area contributed by atoms with Crippen molar-refractivity contribution >= 4 is 17.6 Å². The van der Waals surface area contributed by atoms with Gasteiger partial charge in [0.15, 0.2) is 12.6 Å². The molecule has 0 saturated carbocycles. The zero-order chi connectivity index (χ0) is 18.5. The first-order chi connectivity index (χ1) is 12.6. The van der Waals surface area contributed by atoms with Crippen LogP contribution in [-0.4, -0.2) is 31.6 Å². The molecule has 0 aromatic heterocycles. The van der Waals surface area contributed by atoms with Gasteiger partial charge in [0.1, 0.15) is 6.54 Å². The molecular weight excluding hydrogens is 330 g/mol. The summed E-state index contributed by atoms with van der Waals surface area (Å²) in [6, 6.07) is 16.3. The summed E-state index contributed by atoms with van der Waals surface area (Å²) in [5.41, 5.74) is 3.43. The molecule has 1 aliphatic rings. The van der Waals surface area contributed by atoms with E-state index in [4.69, 9.17) is 10.00 Å². The number of methoxy groups -OCH3 is 1. The van der Waals surface area contributed by atoms with E-state index in [9.17, 15) is 9.59 Å². The largest absolute Gasteiger partial charge is 0.465 e. The summed E-state index contributed by atoms with van der Waals surface area (Å²) in [5, 5.41) is 11.6. The van der Waals surface area contributed by atoms with Crippen molar-refractivity contribution in [2.45, 2.75) is 19.0 Å². The number of ether oxygens (including phenoxy) is 1. The Balaban J connectivity index is 1.72. The lowest BCUT2D eigenvalue weighted by Gasteiger charge is -2.31. The summed E-state index contributed by atoms with van der Waals surface area (Å²) in [6.45, 7) is 0.755. The van der Waals surface area contributed by atoms with Crippen LogP contribution in [0.1, 0.15) is 16.7 Å². The molecule has 1 unspecified atom stereocenters. The smallest absolute Gasteiger partial charge is 0.365 e. The topological polar surface area (TPSA) is 83.6 Å². The van der Waals surface area contributed by atoms with Crippen molar-refractivity contribution in [2.24, 2.45) is 0 Å². The summed E-state index contributed by atoms with van der Waals surface area (Å²) >= 11 is 0. The van der Waals surface area contributed by atoms with Crippen LogP contribution < -0.4 is 10.2 Å². The Hall–Kier alpha value is -3.17. The second kappa shape index (κ2) is 7.81. The molecule has 2 N–H and O–H groups in total. The highest BCUT2D eigenvalue weighted by atomic mass is 16.5.